The summed E-state index contributed by atoms with van der Waals surface area (Å²) in [5, 5.41) is 0. The minimum Gasteiger partial charge on any atom is -0.315 e. The van der Waals surface area contributed by atoms with Crippen LogP contribution in [0.15, 0.2) is 213 Å². The third-order valence-electron chi connectivity index (χ3n) is 12.9. The van der Waals surface area contributed by atoms with Crippen molar-refractivity contribution in [2.24, 2.45) is 0 Å². The number of nitrogens with zero attached hydrogens (tertiary/aromatic N) is 2. The summed E-state index contributed by atoms with van der Waals surface area (Å²) in [5.41, 5.74) is 22.0. The standard InChI is InChI=1S/C57H44N2/c1-39-33-35-47(59(45-22-7-4-8-23-45)56-40(2)32-34-42-36-41-18-9-10-26-49(41)55(42)56)38-58(54-31-16-13-25-48(39)54)46-24-17-21-44(37-46)57(43-19-5-3-6-20-43)52-29-14-11-27-50(52)51-28-12-15-30-53(51)57/h3-32,34,37-38H,1,33,35-36H2,2H3/b47-38+. The van der Waals surface area contributed by atoms with Gasteiger partial charge in [-0.05, 0) is 118 Å². The van der Waals surface area contributed by atoms with Crippen molar-refractivity contribution in [3.05, 3.63) is 257 Å². The Morgan fingerprint density at radius 2 is 1.14 bits per heavy atom. The molecule has 0 unspecified atom stereocenters. The van der Waals surface area contributed by atoms with Gasteiger partial charge >= 0.3 is 0 Å². The highest BCUT2D eigenvalue weighted by Gasteiger charge is 2.46. The van der Waals surface area contributed by atoms with Crippen LogP contribution >= 0.6 is 0 Å². The lowest BCUT2D eigenvalue weighted by molar-refractivity contribution is 0.768. The maximum absolute atomic E-state index is 4.74. The summed E-state index contributed by atoms with van der Waals surface area (Å²) in [4.78, 5) is 4.98. The van der Waals surface area contributed by atoms with E-state index in [9.17, 15) is 0 Å². The van der Waals surface area contributed by atoms with Gasteiger partial charge in [-0.2, -0.15) is 0 Å². The predicted octanol–water partition coefficient (Wildman–Crippen LogP) is 14.6. The number of benzene rings is 8. The molecule has 0 spiro atoms. The Kier molecular flexibility index (Phi) is 8.34. The highest BCUT2D eigenvalue weighted by Crippen LogP contribution is 2.57. The number of rotatable bonds is 6. The second kappa shape index (κ2) is 14.0. The molecular weight excluding hydrogens is 713 g/mol. The first-order chi connectivity index (χ1) is 29.1. The number of allylic oxidation sites excluding steroid dienone is 2. The van der Waals surface area contributed by atoms with Crippen molar-refractivity contribution in [2.45, 2.75) is 31.6 Å². The summed E-state index contributed by atoms with van der Waals surface area (Å²) in [5.74, 6) is 0. The lowest BCUT2D eigenvalue weighted by Crippen LogP contribution is -2.29. The second-order valence-corrected chi connectivity index (χ2v) is 16.1. The van der Waals surface area contributed by atoms with Crippen LogP contribution in [0, 0.1) is 6.92 Å². The summed E-state index contributed by atoms with van der Waals surface area (Å²) in [7, 11) is 0. The summed E-state index contributed by atoms with van der Waals surface area (Å²) >= 11 is 0. The summed E-state index contributed by atoms with van der Waals surface area (Å²) in [6, 6.07) is 71.7. The molecule has 0 saturated heterocycles. The van der Waals surface area contributed by atoms with E-state index < -0.39 is 5.41 Å². The lowest BCUT2D eigenvalue weighted by Gasteiger charge is -2.37. The monoisotopic (exact) mass is 756 g/mol. The topological polar surface area (TPSA) is 6.48 Å². The average Bonchev–Trinajstić information content (AvgIpc) is 3.82. The van der Waals surface area contributed by atoms with E-state index in [0.717, 1.165) is 41.9 Å². The third kappa shape index (κ3) is 5.47. The Morgan fingerprint density at radius 1 is 0.525 bits per heavy atom. The van der Waals surface area contributed by atoms with Crippen molar-refractivity contribution in [1.82, 2.24) is 0 Å². The lowest BCUT2D eigenvalue weighted by atomic mass is 9.67. The van der Waals surface area contributed by atoms with Crippen molar-refractivity contribution in [2.75, 3.05) is 9.80 Å². The van der Waals surface area contributed by atoms with Gasteiger partial charge in [0.15, 0.2) is 0 Å². The van der Waals surface area contributed by atoms with Gasteiger partial charge in [-0.3, -0.25) is 0 Å². The third-order valence-corrected chi connectivity index (χ3v) is 12.9. The summed E-state index contributed by atoms with van der Waals surface area (Å²) in [6.07, 6.45) is 5.02. The number of para-hydroxylation sites is 2. The first-order valence-electron chi connectivity index (χ1n) is 20.8. The summed E-state index contributed by atoms with van der Waals surface area (Å²) in [6.45, 7) is 7.01. The van der Waals surface area contributed by atoms with E-state index in [1.807, 2.05) is 0 Å². The van der Waals surface area contributed by atoms with E-state index >= 15 is 0 Å². The van der Waals surface area contributed by atoms with E-state index in [1.54, 1.807) is 0 Å². The number of fused-ring (bicyclic) bond motifs is 7. The van der Waals surface area contributed by atoms with Crippen molar-refractivity contribution in [1.29, 1.82) is 0 Å². The van der Waals surface area contributed by atoms with Crippen LogP contribution in [0.2, 0.25) is 0 Å². The first-order valence-corrected chi connectivity index (χ1v) is 20.8. The fourth-order valence-corrected chi connectivity index (χ4v) is 10.3. The zero-order valence-corrected chi connectivity index (χ0v) is 33.3. The molecule has 59 heavy (non-hydrogen) atoms. The molecule has 0 radical (unpaired) electrons. The van der Waals surface area contributed by atoms with Gasteiger partial charge in [-0.1, -0.05) is 170 Å². The van der Waals surface area contributed by atoms with Crippen LogP contribution in [0.3, 0.4) is 0 Å². The molecule has 2 aliphatic carbocycles. The fraction of sp³-hybridized carbons (Fsp3) is 0.0877. The van der Waals surface area contributed by atoms with Crippen LogP contribution in [-0.4, -0.2) is 0 Å². The van der Waals surface area contributed by atoms with E-state index in [4.69, 9.17) is 6.58 Å². The maximum Gasteiger partial charge on any atom is 0.0714 e. The van der Waals surface area contributed by atoms with E-state index in [0.29, 0.717) is 0 Å². The molecule has 282 valence electrons. The van der Waals surface area contributed by atoms with Crippen molar-refractivity contribution < 1.29 is 0 Å². The van der Waals surface area contributed by atoms with Gasteiger partial charge in [0.25, 0.3) is 0 Å². The Bertz CT molecular complexity index is 2910. The van der Waals surface area contributed by atoms with Gasteiger partial charge in [0.2, 0.25) is 0 Å². The zero-order valence-electron chi connectivity index (χ0n) is 33.3. The molecule has 1 aliphatic heterocycles. The Morgan fingerprint density at radius 3 is 1.88 bits per heavy atom. The van der Waals surface area contributed by atoms with Crippen LogP contribution < -0.4 is 9.80 Å². The van der Waals surface area contributed by atoms with Crippen molar-refractivity contribution in [3.63, 3.8) is 0 Å². The van der Waals surface area contributed by atoms with Crippen molar-refractivity contribution >= 4 is 28.3 Å². The highest BCUT2D eigenvalue weighted by molar-refractivity contribution is 5.94. The predicted molar refractivity (Wildman–Crippen MR) is 247 cm³/mol. The largest absolute Gasteiger partial charge is 0.315 e. The van der Waals surface area contributed by atoms with Crippen LogP contribution in [0.1, 0.15) is 57.3 Å². The molecule has 8 aromatic rings. The Labute approximate surface area is 347 Å². The molecule has 0 amide bonds. The van der Waals surface area contributed by atoms with Gasteiger partial charge in [0.1, 0.15) is 0 Å². The molecular formula is C57H44N2. The normalized spacial score (nSPS) is 15.4. The van der Waals surface area contributed by atoms with Gasteiger partial charge in [-0.15, -0.1) is 0 Å². The number of hydrogen-bond acceptors (Lipinski definition) is 2. The van der Waals surface area contributed by atoms with Crippen LogP contribution in [0.25, 0.3) is 27.8 Å². The minimum atomic E-state index is -0.506. The average molecular weight is 757 g/mol. The molecule has 8 aromatic carbocycles. The zero-order chi connectivity index (χ0) is 39.5. The number of aryl methyl sites for hydroxylation is 1. The van der Waals surface area contributed by atoms with Gasteiger partial charge in [0.05, 0.1) is 16.8 Å². The number of anilines is 4. The Balaban J connectivity index is 1.17. The molecule has 0 saturated carbocycles. The van der Waals surface area contributed by atoms with E-state index in [-0.39, 0.29) is 0 Å². The molecule has 11 rings (SSSR count). The molecule has 1 heterocycles. The first kappa shape index (κ1) is 35.0. The molecule has 0 atom stereocenters. The maximum atomic E-state index is 4.74. The van der Waals surface area contributed by atoms with Crippen LogP contribution in [0.4, 0.5) is 22.7 Å². The number of hydrogen-bond donors (Lipinski definition) is 0. The second-order valence-electron chi connectivity index (χ2n) is 16.1. The summed E-state index contributed by atoms with van der Waals surface area (Å²) < 4.78 is 0. The smallest absolute Gasteiger partial charge is 0.0714 e. The molecule has 0 N–H and O–H groups in total. The molecule has 0 aromatic heterocycles. The highest BCUT2D eigenvalue weighted by atomic mass is 15.2. The quantitative estimate of drug-likeness (QED) is 0.167. The van der Waals surface area contributed by atoms with E-state index in [2.05, 4.69) is 217 Å². The Hall–Kier alpha value is -7.16. The molecule has 3 aliphatic rings. The van der Waals surface area contributed by atoms with Crippen LogP contribution in [-0.2, 0) is 11.8 Å². The fourth-order valence-electron chi connectivity index (χ4n) is 10.3. The molecule has 0 fully saturated rings. The van der Waals surface area contributed by atoms with Gasteiger partial charge < -0.3 is 9.80 Å². The van der Waals surface area contributed by atoms with Gasteiger partial charge in [0, 0.05) is 34.4 Å². The molecule has 2 heteroatoms. The molecule has 0 bridgehead atoms. The van der Waals surface area contributed by atoms with Crippen LogP contribution in [0.5, 0.6) is 0 Å². The minimum absolute atomic E-state index is 0.506. The SMILES string of the molecule is C=C1CC/C(N(c2ccccc2)c2c(C)ccc3c2-c2ccccc2C3)=C\N(c2cccc(C3(c4ccccc4)c4ccccc4-c4ccccc43)c2)c2ccccc21. The van der Waals surface area contributed by atoms with Crippen molar-refractivity contribution in [3.8, 4) is 22.3 Å². The molecule has 2 nitrogen and oxygen atoms in total. The van der Waals surface area contributed by atoms with E-state index in [1.165, 1.54) is 78.1 Å². The van der Waals surface area contributed by atoms with Gasteiger partial charge in [-0.25, -0.2) is 0 Å².